The van der Waals surface area contributed by atoms with Crippen molar-refractivity contribution in [2.24, 2.45) is 0 Å². The third kappa shape index (κ3) is 2.07. The smallest absolute Gasteiger partial charge is 0.0746 e. The summed E-state index contributed by atoms with van der Waals surface area (Å²) in [5.41, 5.74) is 9.53. The fourth-order valence-electron chi connectivity index (χ4n) is 1.80. The summed E-state index contributed by atoms with van der Waals surface area (Å²) in [6.45, 7) is 0. The number of nitrogens with one attached hydrogen (secondary N) is 1. The molecule has 0 saturated carbocycles. The van der Waals surface area contributed by atoms with Crippen LogP contribution in [0.25, 0.3) is 10.9 Å². The van der Waals surface area contributed by atoms with Crippen LogP contribution in [0.5, 0.6) is 0 Å². The molecule has 3 nitrogen and oxygen atoms in total. The number of benzene rings is 1. The fraction of sp³-hybridized carbons (Fsp3) is 0. The van der Waals surface area contributed by atoms with Gasteiger partial charge in [0.05, 0.1) is 23.1 Å². The van der Waals surface area contributed by atoms with Crippen molar-refractivity contribution < 1.29 is 0 Å². The van der Waals surface area contributed by atoms with Crippen LogP contribution >= 0.6 is 27.3 Å². The average Bonchev–Trinajstić information content (AvgIpc) is 2.86. The maximum Gasteiger partial charge on any atom is 0.0746 e. The number of hydrogen-bond donors (Lipinski definition) is 2. The van der Waals surface area contributed by atoms with Gasteiger partial charge < -0.3 is 11.1 Å². The molecule has 0 aliphatic rings. The Labute approximate surface area is 117 Å². The molecular formula is C13H10BrN3S. The number of thiophene rings is 1. The van der Waals surface area contributed by atoms with E-state index in [0.717, 1.165) is 26.8 Å². The van der Waals surface area contributed by atoms with E-state index in [4.69, 9.17) is 5.73 Å². The third-order valence-electron chi connectivity index (χ3n) is 2.65. The molecule has 0 radical (unpaired) electrons. The summed E-state index contributed by atoms with van der Waals surface area (Å²) < 4.78 is 1.01. The van der Waals surface area contributed by atoms with Gasteiger partial charge in [0.1, 0.15) is 0 Å². The number of fused-ring (bicyclic) bond motifs is 1. The Morgan fingerprint density at radius 1 is 1.28 bits per heavy atom. The van der Waals surface area contributed by atoms with Gasteiger partial charge in [0, 0.05) is 20.9 Å². The summed E-state index contributed by atoms with van der Waals surface area (Å²) in [7, 11) is 0. The number of nitrogens with zero attached hydrogens (tertiary/aromatic N) is 1. The van der Waals surface area contributed by atoms with Crippen LogP contribution in [0.3, 0.4) is 0 Å². The van der Waals surface area contributed by atoms with Gasteiger partial charge in [-0.15, -0.1) is 0 Å². The van der Waals surface area contributed by atoms with Crippen LogP contribution < -0.4 is 11.1 Å². The van der Waals surface area contributed by atoms with E-state index in [2.05, 4.69) is 26.2 Å². The summed E-state index contributed by atoms with van der Waals surface area (Å²) in [5.74, 6) is 0. The lowest BCUT2D eigenvalue weighted by Crippen LogP contribution is -1.98. The second-order valence-electron chi connectivity index (χ2n) is 3.89. The van der Waals surface area contributed by atoms with Crippen molar-refractivity contribution >= 4 is 55.2 Å². The number of nitrogen functional groups attached to an aromatic ring is 1. The quantitative estimate of drug-likeness (QED) is 0.736. The normalized spacial score (nSPS) is 10.7. The third-order valence-corrected chi connectivity index (χ3v) is 3.83. The predicted octanol–water partition coefficient (Wildman–Crippen LogP) is 4.38. The molecule has 3 aromatic rings. The van der Waals surface area contributed by atoms with Crippen molar-refractivity contribution in [3.8, 4) is 0 Å². The summed E-state index contributed by atoms with van der Waals surface area (Å²) in [6, 6.07) is 7.99. The lowest BCUT2D eigenvalue weighted by molar-refractivity contribution is 1.40. The maximum absolute atomic E-state index is 6.02. The Morgan fingerprint density at radius 3 is 2.94 bits per heavy atom. The fourth-order valence-corrected chi connectivity index (χ4v) is 2.75. The van der Waals surface area contributed by atoms with E-state index >= 15 is 0 Å². The minimum Gasteiger partial charge on any atom is -0.396 e. The van der Waals surface area contributed by atoms with Crippen molar-refractivity contribution in [1.29, 1.82) is 0 Å². The van der Waals surface area contributed by atoms with Gasteiger partial charge in [-0.1, -0.05) is 15.9 Å². The number of pyridine rings is 1. The molecule has 90 valence electrons. The zero-order chi connectivity index (χ0) is 12.5. The number of nitrogens with two attached hydrogens (primary N) is 1. The molecule has 0 atom stereocenters. The minimum absolute atomic E-state index is 0.645. The molecular weight excluding hydrogens is 310 g/mol. The molecule has 0 fully saturated rings. The van der Waals surface area contributed by atoms with Crippen LogP contribution in [-0.4, -0.2) is 4.98 Å². The molecule has 0 saturated heterocycles. The number of hydrogen-bond acceptors (Lipinski definition) is 4. The highest BCUT2D eigenvalue weighted by molar-refractivity contribution is 9.10. The molecule has 3 rings (SSSR count). The molecule has 18 heavy (non-hydrogen) atoms. The van der Waals surface area contributed by atoms with Crippen LogP contribution in [0.15, 0.2) is 45.7 Å². The summed E-state index contributed by atoms with van der Waals surface area (Å²) in [4.78, 5) is 4.33. The molecule has 2 heterocycles. The second kappa shape index (κ2) is 4.59. The Kier molecular flexibility index (Phi) is 2.93. The highest BCUT2D eigenvalue weighted by atomic mass is 79.9. The van der Waals surface area contributed by atoms with Crippen LogP contribution in [0.2, 0.25) is 0 Å². The first-order chi connectivity index (χ1) is 8.74. The first-order valence-corrected chi connectivity index (χ1v) is 7.10. The van der Waals surface area contributed by atoms with Gasteiger partial charge in [-0.25, -0.2) is 0 Å². The number of aromatic nitrogens is 1. The Balaban J connectivity index is 2.19. The van der Waals surface area contributed by atoms with Crippen LogP contribution in [0.4, 0.5) is 17.1 Å². The van der Waals surface area contributed by atoms with Crippen molar-refractivity contribution in [1.82, 2.24) is 4.98 Å². The molecule has 3 N–H and O–H groups in total. The average molecular weight is 320 g/mol. The summed E-state index contributed by atoms with van der Waals surface area (Å²) >= 11 is 5.12. The first kappa shape index (κ1) is 11.5. The standard InChI is InChI=1S/C13H10BrN3S/c14-8-1-2-12-10(5-8)13(11(15)6-16-12)17-9-3-4-18-7-9/h1-7H,15H2,(H,16,17). The van der Waals surface area contributed by atoms with Crippen LogP contribution in [-0.2, 0) is 0 Å². The number of anilines is 3. The number of rotatable bonds is 2. The SMILES string of the molecule is Nc1cnc2ccc(Br)cc2c1Nc1ccsc1. The molecule has 5 heteroatoms. The van der Waals surface area contributed by atoms with E-state index in [1.54, 1.807) is 17.5 Å². The van der Waals surface area contributed by atoms with Gasteiger partial charge in [-0.3, -0.25) is 4.98 Å². The molecule has 1 aromatic carbocycles. The largest absolute Gasteiger partial charge is 0.396 e. The Hall–Kier alpha value is -1.59. The molecule has 0 aliphatic carbocycles. The highest BCUT2D eigenvalue weighted by Gasteiger charge is 2.07. The van der Waals surface area contributed by atoms with Crippen LogP contribution in [0.1, 0.15) is 0 Å². The van der Waals surface area contributed by atoms with Crippen LogP contribution in [0, 0.1) is 0 Å². The number of halogens is 1. The molecule has 0 aliphatic heterocycles. The lowest BCUT2D eigenvalue weighted by Gasteiger charge is -2.11. The van der Waals surface area contributed by atoms with Crippen molar-refractivity contribution in [2.75, 3.05) is 11.1 Å². The molecule has 0 unspecified atom stereocenters. The van der Waals surface area contributed by atoms with E-state index in [0.29, 0.717) is 5.69 Å². The van der Waals surface area contributed by atoms with Gasteiger partial charge in [0.15, 0.2) is 0 Å². The van der Waals surface area contributed by atoms with Gasteiger partial charge in [0.25, 0.3) is 0 Å². The van der Waals surface area contributed by atoms with E-state index in [9.17, 15) is 0 Å². The maximum atomic E-state index is 6.02. The molecule has 0 amide bonds. The van der Waals surface area contributed by atoms with Gasteiger partial charge in [0.2, 0.25) is 0 Å². The Morgan fingerprint density at radius 2 is 2.17 bits per heavy atom. The van der Waals surface area contributed by atoms with E-state index in [-0.39, 0.29) is 0 Å². The second-order valence-corrected chi connectivity index (χ2v) is 5.58. The zero-order valence-corrected chi connectivity index (χ0v) is 11.8. The van der Waals surface area contributed by atoms with Crippen molar-refractivity contribution in [3.05, 3.63) is 45.7 Å². The highest BCUT2D eigenvalue weighted by Crippen LogP contribution is 2.32. The zero-order valence-electron chi connectivity index (χ0n) is 9.35. The van der Waals surface area contributed by atoms with E-state index in [1.807, 2.05) is 35.0 Å². The summed E-state index contributed by atoms with van der Waals surface area (Å²) in [5, 5.41) is 8.43. The Bertz CT molecular complexity index is 690. The summed E-state index contributed by atoms with van der Waals surface area (Å²) in [6.07, 6.45) is 1.69. The topological polar surface area (TPSA) is 50.9 Å². The van der Waals surface area contributed by atoms with Gasteiger partial charge in [-0.05, 0) is 29.6 Å². The first-order valence-electron chi connectivity index (χ1n) is 5.37. The van der Waals surface area contributed by atoms with Gasteiger partial charge >= 0.3 is 0 Å². The van der Waals surface area contributed by atoms with Crippen molar-refractivity contribution in [3.63, 3.8) is 0 Å². The predicted molar refractivity (Wildman–Crippen MR) is 81.5 cm³/mol. The van der Waals surface area contributed by atoms with E-state index in [1.165, 1.54) is 0 Å². The van der Waals surface area contributed by atoms with Crippen molar-refractivity contribution in [2.45, 2.75) is 0 Å². The lowest BCUT2D eigenvalue weighted by atomic mass is 10.1. The van der Waals surface area contributed by atoms with Gasteiger partial charge in [-0.2, -0.15) is 11.3 Å². The monoisotopic (exact) mass is 319 g/mol. The molecule has 0 bridgehead atoms. The van der Waals surface area contributed by atoms with E-state index < -0.39 is 0 Å². The molecule has 0 spiro atoms. The minimum atomic E-state index is 0.645. The molecule has 2 aromatic heterocycles.